The zero-order valence-corrected chi connectivity index (χ0v) is 10.8. The van der Waals surface area contributed by atoms with Crippen LogP contribution >= 0.6 is 11.3 Å². The van der Waals surface area contributed by atoms with Crippen molar-refractivity contribution in [2.24, 2.45) is 5.92 Å². The topological polar surface area (TPSA) is 23.5 Å². The molecule has 1 N–H and O–H groups in total. The standard InChI is InChI=1S/C12H21NOS/c1-10(2)12(3,14)9-13(4)7-11-5-6-15-8-11/h5-6,8,10,14H,7,9H2,1-4H3. The second-order valence-electron chi connectivity index (χ2n) is 4.82. The predicted molar refractivity (Wildman–Crippen MR) is 66.1 cm³/mol. The number of hydrogen-bond acceptors (Lipinski definition) is 3. The second-order valence-corrected chi connectivity index (χ2v) is 5.60. The van der Waals surface area contributed by atoms with Crippen molar-refractivity contribution in [1.82, 2.24) is 4.90 Å². The summed E-state index contributed by atoms with van der Waals surface area (Å²) in [6.45, 7) is 7.63. The van der Waals surface area contributed by atoms with Gasteiger partial charge in [-0.3, -0.25) is 4.90 Å². The SMILES string of the molecule is CC(C)C(C)(O)CN(C)Cc1ccsc1. The van der Waals surface area contributed by atoms with Crippen molar-refractivity contribution in [3.05, 3.63) is 22.4 Å². The highest BCUT2D eigenvalue weighted by Crippen LogP contribution is 2.18. The minimum absolute atomic E-state index is 0.280. The van der Waals surface area contributed by atoms with E-state index in [4.69, 9.17) is 0 Å². The number of thiophene rings is 1. The van der Waals surface area contributed by atoms with Gasteiger partial charge in [0.2, 0.25) is 0 Å². The third-order valence-electron chi connectivity index (χ3n) is 2.87. The molecule has 1 rings (SSSR count). The maximum absolute atomic E-state index is 10.2. The van der Waals surface area contributed by atoms with E-state index in [1.807, 2.05) is 6.92 Å². The lowest BCUT2D eigenvalue weighted by Gasteiger charge is -2.32. The van der Waals surface area contributed by atoms with E-state index < -0.39 is 5.60 Å². The highest BCUT2D eigenvalue weighted by Gasteiger charge is 2.26. The first-order valence-corrected chi connectivity index (χ1v) is 6.28. The Labute approximate surface area is 96.5 Å². The molecule has 0 amide bonds. The molecule has 15 heavy (non-hydrogen) atoms. The quantitative estimate of drug-likeness (QED) is 0.836. The van der Waals surface area contributed by atoms with Gasteiger partial charge in [0.15, 0.2) is 0 Å². The van der Waals surface area contributed by atoms with E-state index in [0.717, 1.165) is 6.54 Å². The van der Waals surface area contributed by atoms with Gasteiger partial charge in [-0.25, -0.2) is 0 Å². The molecule has 0 saturated heterocycles. The molecule has 1 unspecified atom stereocenters. The molecular formula is C12H21NOS. The summed E-state index contributed by atoms with van der Waals surface area (Å²) in [5, 5.41) is 14.4. The van der Waals surface area contributed by atoms with E-state index in [1.54, 1.807) is 11.3 Å². The molecule has 1 heterocycles. The van der Waals surface area contributed by atoms with Crippen molar-refractivity contribution in [3.8, 4) is 0 Å². The number of aliphatic hydroxyl groups is 1. The molecule has 0 aliphatic carbocycles. The Kier molecular flexibility index (Phi) is 4.32. The van der Waals surface area contributed by atoms with Crippen molar-refractivity contribution >= 4 is 11.3 Å². The fourth-order valence-corrected chi connectivity index (χ4v) is 2.14. The average Bonchev–Trinajstić information content (AvgIpc) is 2.54. The van der Waals surface area contributed by atoms with E-state index in [2.05, 4.69) is 42.6 Å². The van der Waals surface area contributed by atoms with Crippen LogP contribution in [0.2, 0.25) is 0 Å². The summed E-state index contributed by atoms with van der Waals surface area (Å²) >= 11 is 1.72. The van der Waals surface area contributed by atoms with Crippen LogP contribution in [-0.2, 0) is 6.54 Å². The molecule has 0 saturated carbocycles. The van der Waals surface area contributed by atoms with Gasteiger partial charge in [0, 0.05) is 13.1 Å². The summed E-state index contributed by atoms with van der Waals surface area (Å²) in [5.74, 6) is 0.280. The monoisotopic (exact) mass is 227 g/mol. The maximum atomic E-state index is 10.2. The fourth-order valence-electron chi connectivity index (χ4n) is 1.48. The molecule has 2 nitrogen and oxygen atoms in total. The van der Waals surface area contributed by atoms with E-state index in [9.17, 15) is 5.11 Å². The smallest absolute Gasteiger partial charge is 0.0768 e. The molecule has 1 atom stereocenters. The molecule has 0 aromatic carbocycles. The van der Waals surface area contributed by atoms with Gasteiger partial charge in [0.05, 0.1) is 5.60 Å². The zero-order chi connectivity index (χ0) is 11.5. The van der Waals surface area contributed by atoms with Crippen molar-refractivity contribution in [2.75, 3.05) is 13.6 Å². The Balaban J connectivity index is 2.45. The molecule has 0 spiro atoms. The summed E-state index contributed by atoms with van der Waals surface area (Å²) in [5.41, 5.74) is 0.715. The van der Waals surface area contributed by atoms with Gasteiger partial charge < -0.3 is 5.11 Å². The van der Waals surface area contributed by atoms with Gasteiger partial charge >= 0.3 is 0 Å². The lowest BCUT2D eigenvalue weighted by molar-refractivity contribution is -0.0146. The van der Waals surface area contributed by atoms with Gasteiger partial charge in [0.1, 0.15) is 0 Å². The lowest BCUT2D eigenvalue weighted by atomic mass is 9.92. The van der Waals surface area contributed by atoms with Crippen molar-refractivity contribution < 1.29 is 5.11 Å². The fraction of sp³-hybridized carbons (Fsp3) is 0.667. The van der Waals surface area contributed by atoms with Gasteiger partial charge in [-0.2, -0.15) is 11.3 Å². The molecule has 0 aliphatic rings. The van der Waals surface area contributed by atoms with Crippen LogP contribution in [0.5, 0.6) is 0 Å². The molecule has 0 fully saturated rings. The number of rotatable bonds is 5. The molecule has 86 valence electrons. The third kappa shape index (κ3) is 3.93. The van der Waals surface area contributed by atoms with Gasteiger partial charge in [-0.05, 0) is 42.3 Å². The summed E-state index contributed by atoms with van der Waals surface area (Å²) in [4.78, 5) is 2.17. The van der Waals surface area contributed by atoms with Crippen LogP contribution in [0.4, 0.5) is 0 Å². The molecule has 0 radical (unpaired) electrons. The third-order valence-corrected chi connectivity index (χ3v) is 3.60. The Morgan fingerprint density at radius 1 is 1.53 bits per heavy atom. The largest absolute Gasteiger partial charge is 0.389 e. The number of hydrogen-bond donors (Lipinski definition) is 1. The summed E-state index contributed by atoms with van der Waals surface area (Å²) in [6, 6.07) is 2.13. The van der Waals surface area contributed by atoms with Crippen LogP contribution in [0.15, 0.2) is 16.8 Å². The predicted octanol–water partition coefficient (Wildman–Crippen LogP) is 2.59. The molecule has 1 aromatic rings. The van der Waals surface area contributed by atoms with Crippen LogP contribution < -0.4 is 0 Å². The van der Waals surface area contributed by atoms with Gasteiger partial charge in [-0.1, -0.05) is 13.8 Å². The minimum Gasteiger partial charge on any atom is -0.389 e. The summed E-state index contributed by atoms with van der Waals surface area (Å²) in [7, 11) is 2.05. The minimum atomic E-state index is -0.606. The van der Waals surface area contributed by atoms with E-state index in [-0.39, 0.29) is 5.92 Å². The lowest BCUT2D eigenvalue weighted by Crippen LogP contribution is -2.42. The molecule has 0 aliphatic heterocycles. The average molecular weight is 227 g/mol. The Morgan fingerprint density at radius 2 is 2.20 bits per heavy atom. The second kappa shape index (κ2) is 5.10. The van der Waals surface area contributed by atoms with Crippen molar-refractivity contribution in [2.45, 2.75) is 32.9 Å². The van der Waals surface area contributed by atoms with Gasteiger partial charge in [-0.15, -0.1) is 0 Å². The van der Waals surface area contributed by atoms with E-state index >= 15 is 0 Å². The Bertz CT molecular complexity index is 280. The zero-order valence-electron chi connectivity index (χ0n) is 10.0. The maximum Gasteiger partial charge on any atom is 0.0768 e. The Morgan fingerprint density at radius 3 is 2.67 bits per heavy atom. The highest BCUT2D eigenvalue weighted by atomic mass is 32.1. The van der Waals surface area contributed by atoms with Crippen LogP contribution in [0, 0.1) is 5.92 Å². The van der Waals surface area contributed by atoms with E-state index in [1.165, 1.54) is 5.56 Å². The summed E-state index contributed by atoms with van der Waals surface area (Å²) < 4.78 is 0. The van der Waals surface area contributed by atoms with Crippen molar-refractivity contribution in [1.29, 1.82) is 0 Å². The first kappa shape index (κ1) is 12.7. The first-order valence-electron chi connectivity index (χ1n) is 5.34. The first-order chi connectivity index (χ1) is 6.92. The van der Waals surface area contributed by atoms with Crippen LogP contribution in [0.25, 0.3) is 0 Å². The van der Waals surface area contributed by atoms with E-state index in [0.29, 0.717) is 6.54 Å². The normalized spacial score (nSPS) is 15.9. The van der Waals surface area contributed by atoms with Gasteiger partial charge in [0.25, 0.3) is 0 Å². The Hall–Kier alpha value is -0.380. The summed E-state index contributed by atoms with van der Waals surface area (Å²) in [6.07, 6.45) is 0. The van der Waals surface area contributed by atoms with Crippen LogP contribution in [-0.4, -0.2) is 29.2 Å². The molecule has 0 bridgehead atoms. The van der Waals surface area contributed by atoms with Crippen LogP contribution in [0.1, 0.15) is 26.3 Å². The molecule has 1 aromatic heterocycles. The van der Waals surface area contributed by atoms with Crippen LogP contribution in [0.3, 0.4) is 0 Å². The highest BCUT2D eigenvalue weighted by molar-refractivity contribution is 7.07. The molecule has 3 heteroatoms. The number of likely N-dealkylation sites (N-methyl/N-ethyl adjacent to an activating group) is 1. The number of nitrogens with zero attached hydrogens (tertiary/aromatic N) is 1. The van der Waals surface area contributed by atoms with Crippen molar-refractivity contribution in [3.63, 3.8) is 0 Å². The molecular weight excluding hydrogens is 206 g/mol.